The lowest BCUT2D eigenvalue weighted by molar-refractivity contribution is -0.136. The van der Waals surface area contributed by atoms with Gasteiger partial charge < -0.3 is 43.2 Å². The van der Waals surface area contributed by atoms with E-state index in [9.17, 15) is 19.2 Å². The third-order valence-corrected chi connectivity index (χ3v) is 10.8. The number of nitrogens with one attached hydrogen (secondary N) is 2. The molecule has 2 aliphatic heterocycles. The minimum atomic E-state index is -1.01. The van der Waals surface area contributed by atoms with Gasteiger partial charge in [-0.3, -0.25) is 29.4 Å². The Hall–Kier alpha value is -3.02. The van der Waals surface area contributed by atoms with E-state index in [1.807, 2.05) is 0 Å². The van der Waals surface area contributed by atoms with Crippen LogP contribution < -0.4 is 10.6 Å². The van der Waals surface area contributed by atoms with E-state index in [1.165, 1.54) is 96.3 Å². The lowest BCUT2D eigenvalue weighted by atomic mass is 10.0. The third kappa shape index (κ3) is 23.6. The van der Waals surface area contributed by atoms with Gasteiger partial charge in [-0.2, -0.15) is 0 Å². The number of hydrogen-bond acceptors (Lipinski definition) is 13. The van der Waals surface area contributed by atoms with Gasteiger partial charge in [-0.1, -0.05) is 109 Å². The van der Waals surface area contributed by atoms with Crippen molar-refractivity contribution in [2.45, 2.75) is 129 Å². The van der Waals surface area contributed by atoms with Gasteiger partial charge in [0, 0.05) is 25.3 Å². The minimum absolute atomic E-state index is 0.0700. The normalized spacial score (nSPS) is 15.2. The van der Waals surface area contributed by atoms with Crippen LogP contribution in [-0.4, -0.2) is 147 Å². The standard InChI is InChI=1S/C47H79N3O12/c1-2-3-4-5-6-7-8-9-10-11-12-13-14-15-16-17-24-55-26-28-57-30-32-59-34-36-61-38-39-62-37-35-60-33-31-58-29-27-56-25-23-48-41-20-18-19-40-44(41)47(54)50(46(40)53)42-21-22-43(51)49-45(42)52/h18-20,42,48H,2-17,21-39H2,1H3,(H,49,51,52). The quantitative estimate of drug-likeness (QED) is 0.0514. The van der Waals surface area contributed by atoms with Crippen molar-refractivity contribution in [3.05, 3.63) is 29.3 Å². The van der Waals surface area contributed by atoms with Crippen molar-refractivity contribution in [2.75, 3.05) is 118 Å². The van der Waals surface area contributed by atoms with E-state index >= 15 is 0 Å². The van der Waals surface area contributed by atoms with Crippen molar-refractivity contribution in [1.29, 1.82) is 0 Å². The summed E-state index contributed by atoms with van der Waals surface area (Å²) >= 11 is 0. The van der Waals surface area contributed by atoms with Crippen LogP contribution in [0.1, 0.15) is 143 Å². The molecule has 0 aliphatic carbocycles. The van der Waals surface area contributed by atoms with Crippen LogP contribution in [0.4, 0.5) is 5.69 Å². The fourth-order valence-corrected chi connectivity index (χ4v) is 7.31. The molecule has 1 fully saturated rings. The first-order valence-corrected chi connectivity index (χ1v) is 23.7. The Morgan fingerprint density at radius 3 is 1.35 bits per heavy atom. The van der Waals surface area contributed by atoms with Crippen LogP contribution in [0.25, 0.3) is 0 Å². The number of fused-ring (bicyclic) bond motifs is 1. The summed E-state index contributed by atoms with van der Waals surface area (Å²) in [6, 6.07) is 3.93. The molecule has 15 nitrogen and oxygen atoms in total. The molecule has 2 N–H and O–H groups in total. The number of imide groups is 2. The average Bonchev–Trinajstić information content (AvgIpc) is 3.52. The molecule has 1 unspecified atom stereocenters. The zero-order valence-electron chi connectivity index (χ0n) is 37.9. The molecule has 0 spiro atoms. The van der Waals surface area contributed by atoms with Crippen LogP contribution in [0.15, 0.2) is 18.2 Å². The summed E-state index contributed by atoms with van der Waals surface area (Å²) in [5, 5.41) is 5.35. The van der Waals surface area contributed by atoms with Crippen molar-refractivity contribution in [1.82, 2.24) is 10.2 Å². The van der Waals surface area contributed by atoms with Gasteiger partial charge in [0.1, 0.15) is 6.04 Å². The number of carbonyl (C=O) groups is 4. The minimum Gasteiger partial charge on any atom is -0.382 e. The molecule has 3 rings (SSSR count). The second kappa shape index (κ2) is 36.3. The number of ether oxygens (including phenoxy) is 8. The van der Waals surface area contributed by atoms with E-state index in [-0.39, 0.29) is 24.0 Å². The van der Waals surface area contributed by atoms with Gasteiger partial charge in [-0.05, 0) is 25.0 Å². The molecule has 1 atom stereocenters. The Balaban J connectivity index is 0.963. The monoisotopic (exact) mass is 878 g/mol. The highest BCUT2D eigenvalue weighted by molar-refractivity contribution is 6.25. The number of unbranched alkanes of at least 4 members (excludes halogenated alkanes) is 15. The van der Waals surface area contributed by atoms with Gasteiger partial charge in [0.15, 0.2) is 0 Å². The summed E-state index contributed by atoms with van der Waals surface area (Å²) in [5.74, 6) is -2.15. The summed E-state index contributed by atoms with van der Waals surface area (Å²) in [4.78, 5) is 50.9. The van der Waals surface area contributed by atoms with E-state index in [1.54, 1.807) is 18.2 Å². The molecule has 15 heteroatoms. The van der Waals surface area contributed by atoms with Gasteiger partial charge in [0.05, 0.1) is 110 Å². The summed E-state index contributed by atoms with van der Waals surface area (Å²) in [6.45, 7) is 10.7. The SMILES string of the molecule is CCCCCCCCCCCCCCCCCCOCCOCCOCCOCCOCCOCCOCCOCCNc1cccc2c1C(=O)N(C1CCC(=O)NC1=O)C2=O. The zero-order valence-corrected chi connectivity index (χ0v) is 37.9. The van der Waals surface area contributed by atoms with Crippen LogP contribution in [0.5, 0.6) is 0 Å². The maximum Gasteiger partial charge on any atom is 0.264 e. The zero-order chi connectivity index (χ0) is 44.1. The van der Waals surface area contributed by atoms with E-state index in [2.05, 4.69) is 17.6 Å². The number of carbonyl (C=O) groups excluding carboxylic acids is 4. The van der Waals surface area contributed by atoms with Gasteiger partial charge in [0.25, 0.3) is 11.8 Å². The highest BCUT2D eigenvalue weighted by atomic mass is 16.6. The summed E-state index contributed by atoms with van der Waals surface area (Å²) in [5.41, 5.74) is 0.927. The lowest BCUT2D eigenvalue weighted by Gasteiger charge is -2.27. The number of anilines is 1. The molecule has 0 bridgehead atoms. The molecule has 0 saturated carbocycles. The van der Waals surface area contributed by atoms with E-state index in [0.29, 0.717) is 111 Å². The molecule has 2 heterocycles. The topological polar surface area (TPSA) is 169 Å². The van der Waals surface area contributed by atoms with Crippen molar-refractivity contribution in [3.63, 3.8) is 0 Å². The molecule has 0 aromatic heterocycles. The molecular formula is C47H79N3O12. The summed E-state index contributed by atoms with van der Waals surface area (Å²) in [6.07, 6.45) is 22.2. The Kier molecular flexibility index (Phi) is 31.2. The second-order valence-corrected chi connectivity index (χ2v) is 15.8. The van der Waals surface area contributed by atoms with Crippen LogP contribution >= 0.6 is 0 Å². The Bertz CT molecular complexity index is 1350. The lowest BCUT2D eigenvalue weighted by Crippen LogP contribution is -2.54. The molecule has 62 heavy (non-hydrogen) atoms. The van der Waals surface area contributed by atoms with Gasteiger partial charge in [-0.25, -0.2) is 0 Å². The number of nitrogens with zero attached hydrogens (tertiary/aromatic N) is 1. The molecule has 2 aliphatic rings. The van der Waals surface area contributed by atoms with Crippen molar-refractivity contribution in [2.24, 2.45) is 0 Å². The molecule has 1 aromatic rings. The van der Waals surface area contributed by atoms with E-state index in [0.717, 1.165) is 17.9 Å². The van der Waals surface area contributed by atoms with Crippen molar-refractivity contribution in [3.8, 4) is 0 Å². The Morgan fingerprint density at radius 2 is 0.919 bits per heavy atom. The highest BCUT2D eigenvalue weighted by Gasteiger charge is 2.45. The fraction of sp³-hybridized carbons (Fsp3) is 0.787. The predicted octanol–water partition coefficient (Wildman–Crippen LogP) is 6.89. The summed E-state index contributed by atoms with van der Waals surface area (Å²) < 4.78 is 44.6. The highest BCUT2D eigenvalue weighted by Crippen LogP contribution is 2.32. The van der Waals surface area contributed by atoms with Crippen LogP contribution in [0.2, 0.25) is 0 Å². The number of hydrogen-bond donors (Lipinski definition) is 2. The molecule has 4 amide bonds. The Morgan fingerprint density at radius 1 is 0.516 bits per heavy atom. The van der Waals surface area contributed by atoms with Crippen LogP contribution in [-0.2, 0) is 47.5 Å². The first-order valence-electron chi connectivity index (χ1n) is 23.7. The van der Waals surface area contributed by atoms with Gasteiger partial charge in [-0.15, -0.1) is 0 Å². The number of amides is 4. The fourth-order valence-electron chi connectivity index (χ4n) is 7.31. The molecule has 0 radical (unpaired) electrons. The largest absolute Gasteiger partial charge is 0.382 e. The smallest absolute Gasteiger partial charge is 0.264 e. The number of piperidine rings is 1. The number of rotatable bonds is 43. The first kappa shape index (κ1) is 53.3. The van der Waals surface area contributed by atoms with Crippen molar-refractivity contribution >= 4 is 29.3 Å². The first-order chi connectivity index (χ1) is 30.5. The maximum absolute atomic E-state index is 13.2. The molecule has 1 saturated heterocycles. The molecule has 1 aromatic carbocycles. The average molecular weight is 878 g/mol. The Labute approximate surface area is 371 Å². The predicted molar refractivity (Wildman–Crippen MR) is 238 cm³/mol. The molecule has 354 valence electrons. The van der Waals surface area contributed by atoms with E-state index < -0.39 is 29.7 Å². The van der Waals surface area contributed by atoms with Crippen molar-refractivity contribution < 1.29 is 57.1 Å². The third-order valence-electron chi connectivity index (χ3n) is 10.8. The van der Waals surface area contributed by atoms with Gasteiger partial charge in [0.2, 0.25) is 11.8 Å². The van der Waals surface area contributed by atoms with Crippen LogP contribution in [0, 0.1) is 0 Å². The van der Waals surface area contributed by atoms with Crippen LogP contribution in [0.3, 0.4) is 0 Å². The van der Waals surface area contributed by atoms with E-state index in [4.69, 9.17) is 37.9 Å². The number of benzene rings is 1. The molecular weight excluding hydrogens is 799 g/mol. The second-order valence-electron chi connectivity index (χ2n) is 15.8. The summed E-state index contributed by atoms with van der Waals surface area (Å²) in [7, 11) is 0. The maximum atomic E-state index is 13.2. The van der Waals surface area contributed by atoms with Gasteiger partial charge >= 0.3 is 0 Å².